The van der Waals surface area contributed by atoms with Gasteiger partial charge in [0, 0.05) is 10.2 Å². The van der Waals surface area contributed by atoms with Gasteiger partial charge >= 0.3 is 0 Å². The standard InChI is InChI=1S/C16H20BrNOS/c1-11-5-7-16(8-6-11)18(15(19)10-20-16)13-4-3-12(2)14(17)9-13/h3-4,9,11H,5-8,10H2,1-2H3. The molecule has 4 heteroatoms. The van der Waals surface area contributed by atoms with Crippen LogP contribution in [0.15, 0.2) is 22.7 Å². The molecule has 0 atom stereocenters. The SMILES string of the molecule is Cc1ccc(N2C(=O)CSC23CCC(C)CC3)cc1Br. The Balaban J connectivity index is 1.96. The van der Waals surface area contributed by atoms with Gasteiger partial charge in [0.1, 0.15) is 0 Å². The Morgan fingerprint density at radius 3 is 2.70 bits per heavy atom. The molecule has 0 N–H and O–H groups in total. The average Bonchev–Trinajstić information content (AvgIpc) is 2.74. The third-order valence-corrected chi connectivity index (χ3v) is 6.96. The van der Waals surface area contributed by atoms with Gasteiger partial charge in [-0.3, -0.25) is 9.69 Å². The molecule has 1 aliphatic carbocycles. The molecule has 3 rings (SSSR count). The lowest BCUT2D eigenvalue weighted by atomic mass is 9.85. The van der Waals surface area contributed by atoms with Crippen molar-refractivity contribution >= 4 is 39.3 Å². The van der Waals surface area contributed by atoms with Crippen molar-refractivity contribution in [3.63, 3.8) is 0 Å². The fourth-order valence-corrected chi connectivity index (χ4v) is 4.98. The van der Waals surface area contributed by atoms with E-state index in [0.717, 1.165) is 28.9 Å². The summed E-state index contributed by atoms with van der Waals surface area (Å²) >= 11 is 5.44. The highest BCUT2D eigenvalue weighted by molar-refractivity contribution is 9.10. The number of thioether (sulfide) groups is 1. The number of amides is 1. The lowest BCUT2D eigenvalue weighted by Crippen LogP contribution is -2.46. The van der Waals surface area contributed by atoms with E-state index in [-0.39, 0.29) is 10.8 Å². The first-order valence-corrected chi connectivity index (χ1v) is 9.03. The highest BCUT2D eigenvalue weighted by Crippen LogP contribution is 2.50. The van der Waals surface area contributed by atoms with Crippen molar-refractivity contribution in [1.82, 2.24) is 0 Å². The first kappa shape index (κ1) is 14.5. The van der Waals surface area contributed by atoms with Crippen molar-refractivity contribution in [2.24, 2.45) is 5.92 Å². The van der Waals surface area contributed by atoms with Crippen LogP contribution in [0.25, 0.3) is 0 Å². The van der Waals surface area contributed by atoms with Crippen LogP contribution in [0, 0.1) is 12.8 Å². The molecule has 108 valence electrons. The summed E-state index contributed by atoms with van der Waals surface area (Å²) in [5.74, 6) is 1.68. The van der Waals surface area contributed by atoms with Crippen LogP contribution in [0.2, 0.25) is 0 Å². The van der Waals surface area contributed by atoms with Gasteiger partial charge in [0.25, 0.3) is 0 Å². The maximum absolute atomic E-state index is 12.4. The highest BCUT2D eigenvalue weighted by atomic mass is 79.9. The van der Waals surface area contributed by atoms with Gasteiger partial charge < -0.3 is 0 Å². The molecule has 2 fully saturated rings. The van der Waals surface area contributed by atoms with Crippen molar-refractivity contribution < 1.29 is 4.79 Å². The summed E-state index contributed by atoms with van der Waals surface area (Å²) in [6.45, 7) is 4.40. The predicted octanol–water partition coefficient (Wildman–Crippen LogP) is 4.74. The van der Waals surface area contributed by atoms with E-state index < -0.39 is 0 Å². The fourth-order valence-electron chi connectivity index (χ4n) is 3.23. The largest absolute Gasteiger partial charge is 0.296 e. The number of benzene rings is 1. The van der Waals surface area contributed by atoms with Gasteiger partial charge in [-0.2, -0.15) is 0 Å². The number of rotatable bonds is 1. The summed E-state index contributed by atoms with van der Waals surface area (Å²) in [5.41, 5.74) is 2.26. The molecule has 1 spiro atoms. The summed E-state index contributed by atoms with van der Waals surface area (Å²) in [4.78, 5) is 14.5. The Bertz CT molecular complexity index is 537. The molecule has 1 saturated carbocycles. The summed E-state index contributed by atoms with van der Waals surface area (Å²) < 4.78 is 1.08. The molecule has 1 aliphatic heterocycles. The summed E-state index contributed by atoms with van der Waals surface area (Å²) in [6.07, 6.45) is 4.69. The Morgan fingerprint density at radius 2 is 2.05 bits per heavy atom. The zero-order valence-corrected chi connectivity index (χ0v) is 14.4. The molecule has 1 heterocycles. The Labute approximate surface area is 133 Å². The van der Waals surface area contributed by atoms with E-state index in [1.807, 2.05) is 11.8 Å². The van der Waals surface area contributed by atoms with Crippen LogP contribution in [-0.4, -0.2) is 16.5 Å². The lowest BCUT2D eigenvalue weighted by molar-refractivity contribution is -0.116. The number of hydrogen-bond donors (Lipinski definition) is 0. The van der Waals surface area contributed by atoms with Gasteiger partial charge in [-0.05, 0) is 56.2 Å². The maximum Gasteiger partial charge on any atom is 0.238 e. The van der Waals surface area contributed by atoms with E-state index in [1.54, 1.807) is 0 Å². The second-order valence-electron chi connectivity index (χ2n) is 6.08. The molecule has 2 nitrogen and oxygen atoms in total. The number of hydrogen-bond acceptors (Lipinski definition) is 2. The molecule has 1 aromatic carbocycles. The summed E-state index contributed by atoms with van der Waals surface area (Å²) in [7, 11) is 0. The van der Waals surface area contributed by atoms with Crippen molar-refractivity contribution in [3.8, 4) is 0 Å². The zero-order chi connectivity index (χ0) is 14.3. The topological polar surface area (TPSA) is 20.3 Å². The zero-order valence-electron chi connectivity index (χ0n) is 12.0. The van der Waals surface area contributed by atoms with Gasteiger partial charge in [-0.15, -0.1) is 11.8 Å². The summed E-state index contributed by atoms with van der Waals surface area (Å²) in [5, 5.41) is 0. The van der Waals surface area contributed by atoms with Crippen molar-refractivity contribution in [2.75, 3.05) is 10.7 Å². The average molecular weight is 354 g/mol. The Morgan fingerprint density at radius 1 is 1.35 bits per heavy atom. The van der Waals surface area contributed by atoms with Crippen molar-refractivity contribution in [3.05, 3.63) is 28.2 Å². The highest BCUT2D eigenvalue weighted by Gasteiger charge is 2.48. The van der Waals surface area contributed by atoms with Gasteiger partial charge in [-0.1, -0.05) is 28.9 Å². The third kappa shape index (κ3) is 2.41. The fraction of sp³-hybridized carbons (Fsp3) is 0.562. The molecule has 1 aromatic rings. The predicted molar refractivity (Wildman–Crippen MR) is 89.2 cm³/mol. The summed E-state index contributed by atoms with van der Waals surface area (Å²) in [6, 6.07) is 6.28. The first-order chi connectivity index (χ1) is 9.52. The smallest absolute Gasteiger partial charge is 0.238 e. The van der Waals surface area contributed by atoms with Gasteiger partial charge in [0.05, 0.1) is 10.6 Å². The monoisotopic (exact) mass is 353 g/mol. The molecule has 0 bridgehead atoms. The van der Waals surface area contributed by atoms with E-state index in [9.17, 15) is 4.79 Å². The molecule has 0 aromatic heterocycles. The van der Waals surface area contributed by atoms with Crippen LogP contribution in [-0.2, 0) is 4.79 Å². The van der Waals surface area contributed by atoms with Crippen molar-refractivity contribution in [1.29, 1.82) is 0 Å². The van der Waals surface area contributed by atoms with E-state index in [4.69, 9.17) is 0 Å². The molecule has 20 heavy (non-hydrogen) atoms. The molecule has 0 unspecified atom stereocenters. The molecule has 2 aliphatic rings. The van der Waals surface area contributed by atoms with Crippen molar-refractivity contribution in [2.45, 2.75) is 44.4 Å². The minimum absolute atomic E-state index is 0.0122. The van der Waals surface area contributed by atoms with Gasteiger partial charge in [-0.25, -0.2) is 0 Å². The number of carbonyl (C=O) groups excluding carboxylic acids is 1. The Hall–Kier alpha value is -0.480. The van der Waals surface area contributed by atoms with E-state index >= 15 is 0 Å². The Kier molecular flexibility index (Phi) is 3.89. The molecular formula is C16H20BrNOS. The number of nitrogens with zero attached hydrogens (tertiary/aromatic N) is 1. The van der Waals surface area contributed by atoms with E-state index in [2.05, 4.69) is 52.9 Å². The normalized spacial score (nSPS) is 30.2. The van der Waals surface area contributed by atoms with E-state index in [1.165, 1.54) is 18.4 Å². The van der Waals surface area contributed by atoms with Crippen LogP contribution in [0.3, 0.4) is 0 Å². The van der Waals surface area contributed by atoms with Crippen LogP contribution in [0.4, 0.5) is 5.69 Å². The number of carbonyl (C=O) groups is 1. The number of halogens is 1. The quantitative estimate of drug-likeness (QED) is 0.726. The third-order valence-electron chi connectivity index (χ3n) is 4.59. The number of aryl methyl sites for hydroxylation is 1. The minimum atomic E-state index is 0.0122. The second-order valence-corrected chi connectivity index (χ2v) is 8.27. The molecule has 1 saturated heterocycles. The van der Waals surface area contributed by atoms with Gasteiger partial charge in [0.15, 0.2) is 0 Å². The van der Waals surface area contributed by atoms with Crippen LogP contribution >= 0.6 is 27.7 Å². The molecule has 0 radical (unpaired) electrons. The van der Waals surface area contributed by atoms with Crippen LogP contribution < -0.4 is 4.90 Å². The molecular weight excluding hydrogens is 334 g/mol. The van der Waals surface area contributed by atoms with Gasteiger partial charge in [0.2, 0.25) is 5.91 Å². The van der Waals surface area contributed by atoms with E-state index in [0.29, 0.717) is 5.75 Å². The molecule has 1 amide bonds. The number of anilines is 1. The van der Waals surface area contributed by atoms with Crippen LogP contribution in [0.1, 0.15) is 38.2 Å². The second kappa shape index (κ2) is 5.38. The first-order valence-electron chi connectivity index (χ1n) is 7.25. The lowest BCUT2D eigenvalue weighted by Gasteiger charge is -2.42. The minimum Gasteiger partial charge on any atom is -0.296 e. The van der Waals surface area contributed by atoms with Crippen LogP contribution in [0.5, 0.6) is 0 Å². The maximum atomic E-state index is 12.4.